The maximum absolute atomic E-state index is 6.87. The molecular weight excluding hydrogens is 591 g/mol. The van der Waals surface area contributed by atoms with Crippen LogP contribution in [0.2, 0.25) is 0 Å². The minimum atomic E-state index is 0.882. The fourth-order valence-electron chi connectivity index (χ4n) is 7.18. The van der Waals surface area contributed by atoms with Gasteiger partial charge in [0.15, 0.2) is 5.58 Å². The van der Waals surface area contributed by atoms with Crippen LogP contribution in [0.15, 0.2) is 168 Å². The lowest BCUT2D eigenvalue weighted by Gasteiger charge is -2.26. The van der Waals surface area contributed by atoms with Gasteiger partial charge in [0.1, 0.15) is 5.58 Å². The molecule has 47 heavy (non-hydrogen) atoms. The Hall–Kier alpha value is -5.90. The standard InChI is InChI=1S/C44H27NOS/c1-2-9-28(10-3-1)29-17-21-32(22-18-29)45(33-23-26-41-39(27-33)38-25-20-31-12-5-7-14-35(31)44(38)47-41)40-16-8-15-36-37-24-19-30-11-4-6-13-34(30)42(37)46-43(36)40/h1-27H. The lowest BCUT2D eigenvalue weighted by atomic mass is 10.0. The topological polar surface area (TPSA) is 16.4 Å². The Morgan fingerprint density at radius 2 is 1.04 bits per heavy atom. The number of nitrogens with zero attached hydrogens (tertiary/aromatic N) is 1. The van der Waals surface area contributed by atoms with Gasteiger partial charge >= 0.3 is 0 Å². The van der Waals surface area contributed by atoms with Crippen LogP contribution in [0.4, 0.5) is 17.1 Å². The van der Waals surface area contributed by atoms with E-state index in [0.29, 0.717) is 0 Å². The van der Waals surface area contributed by atoms with Crippen LogP contribution in [0.5, 0.6) is 0 Å². The minimum Gasteiger partial charge on any atom is -0.453 e. The molecule has 8 aromatic carbocycles. The molecule has 0 unspecified atom stereocenters. The number of fused-ring (bicyclic) bond motifs is 10. The van der Waals surface area contributed by atoms with E-state index in [1.54, 1.807) is 0 Å². The van der Waals surface area contributed by atoms with Crippen molar-refractivity contribution in [1.29, 1.82) is 0 Å². The highest BCUT2D eigenvalue weighted by Gasteiger charge is 2.21. The predicted octanol–water partition coefficient (Wildman–Crippen LogP) is 13.4. The molecule has 0 saturated heterocycles. The van der Waals surface area contributed by atoms with Crippen molar-refractivity contribution >= 4 is 92.1 Å². The molecule has 2 aromatic heterocycles. The average molecular weight is 618 g/mol. The number of para-hydroxylation sites is 1. The van der Waals surface area contributed by atoms with Crippen LogP contribution in [0.1, 0.15) is 0 Å². The third-order valence-corrected chi connectivity index (χ3v) is 10.7. The monoisotopic (exact) mass is 617 g/mol. The minimum absolute atomic E-state index is 0.882. The molecule has 0 spiro atoms. The fraction of sp³-hybridized carbons (Fsp3) is 0. The zero-order valence-electron chi connectivity index (χ0n) is 25.4. The Balaban J connectivity index is 1.22. The van der Waals surface area contributed by atoms with Crippen LogP contribution in [0.25, 0.3) is 74.8 Å². The molecule has 0 aliphatic carbocycles. The summed E-state index contributed by atoms with van der Waals surface area (Å²) in [6.45, 7) is 0. The molecule has 10 rings (SSSR count). The number of benzene rings is 8. The van der Waals surface area contributed by atoms with Crippen LogP contribution in [-0.2, 0) is 0 Å². The highest BCUT2D eigenvalue weighted by molar-refractivity contribution is 7.26. The van der Waals surface area contributed by atoms with Gasteiger partial charge in [-0.3, -0.25) is 0 Å². The molecule has 0 bridgehead atoms. The van der Waals surface area contributed by atoms with E-state index in [1.807, 2.05) is 11.3 Å². The Morgan fingerprint density at radius 1 is 0.404 bits per heavy atom. The second kappa shape index (κ2) is 10.3. The van der Waals surface area contributed by atoms with Crippen LogP contribution >= 0.6 is 11.3 Å². The van der Waals surface area contributed by atoms with Crippen LogP contribution in [0, 0.1) is 0 Å². The van der Waals surface area contributed by atoms with E-state index in [-0.39, 0.29) is 0 Å². The largest absolute Gasteiger partial charge is 0.453 e. The van der Waals surface area contributed by atoms with Gasteiger partial charge in [0, 0.05) is 47.7 Å². The first kappa shape index (κ1) is 26.3. The van der Waals surface area contributed by atoms with E-state index in [2.05, 4.69) is 169 Å². The van der Waals surface area contributed by atoms with Crippen LogP contribution in [0.3, 0.4) is 0 Å². The summed E-state index contributed by atoms with van der Waals surface area (Å²) in [5.41, 5.74) is 7.38. The lowest BCUT2D eigenvalue weighted by Crippen LogP contribution is -2.10. The maximum Gasteiger partial charge on any atom is 0.159 e. The summed E-state index contributed by atoms with van der Waals surface area (Å²) in [6.07, 6.45) is 0. The van der Waals surface area contributed by atoms with Crippen molar-refractivity contribution in [2.45, 2.75) is 0 Å². The first-order valence-electron chi connectivity index (χ1n) is 15.9. The number of furan rings is 1. The zero-order chi connectivity index (χ0) is 30.9. The van der Waals surface area contributed by atoms with Crippen LogP contribution in [-0.4, -0.2) is 0 Å². The number of thiophene rings is 1. The van der Waals surface area contributed by atoms with Crippen molar-refractivity contribution in [1.82, 2.24) is 0 Å². The van der Waals surface area contributed by atoms with Gasteiger partial charge in [-0.05, 0) is 69.8 Å². The quantitative estimate of drug-likeness (QED) is 0.195. The summed E-state index contributed by atoms with van der Waals surface area (Å²) >= 11 is 1.87. The molecule has 220 valence electrons. The molecule has 0 atom stereocenters. The van der Waals surface area contributed by atoms with Crippen molar-refractivity contribution in [2.24, 2.45) is 0 Å². The van der Waals surface area contributed by atoms with E-state index in [1.165, 1.54) is 47.5 Å². The summed E-state index contributed by atoms with van der Waals surface area (Å²) in [6, 6.07) is 58.9. The van der Waals surface area contributed by atoms with Crippen molar-refractivity contribution < 1.29 is 4.42 Å². The van der Waals surface area contributed by atoms with Crippen molar-refractivity contribution in [3.63, 3.8) is 0 Å². The van der Waals surface area contributed by atoms with E-state index in [9.17, 15) is 0 Å². The Bertz CT molecular complexity index is 2790. The third-order valence-electron chi connectivity index (χ3n) is 9.44. The van der Waals surface area contributed by atoms with E-state index in [0.717, 1.165) is 44.4 Å². The van der Waals surface area contributed by atoms with Gasteiger partial charge in [-0.25, -0.2) is 0 Å². The van der Waals surface area contributed by atoms with Gasteiger partial charge in [0.25, 0.3) is 0 Å². The molecule has 3 heteroatoms. The summed E-state index contributed by atoms with van der Waals surface area (Å²) in [5, 5.41) is 9.69. The van der Waals surface area contributed by atoms with E-state index in [4.69, 9.17) is 4.42 Å². The van der Waals surface area contributed by atoms with Crippen molar-refractivity contribution in [3.05, 3.63) is 164 Å². The van der Waals surface area contributed by atoms with E-state index >= 15 is 0 Å². The molecule has 2 nitrogen and oxygen atoms in total. The number of hydrogen-bond acceptors (Lipinski definition) is 3. The van der Waals surface area contributed by atoms with Crippen molar-refractivity contribution in [2.75, 3.05) is 4.90 Å². The van der Waals surface area contributed by atoms with Gasteiger partial charge in [0.2, 0.25) is 0 Å². The highest BCUT2D eigenvalue weighted by atomic mass is 32.1. The fourth-order valence-corrected chi connectivity index (χ4v) is 8.40. The number of anilines is 3. The smallest absolute Gasteiger partial charge is 0.159 e. The lowest BCUT2D eigenvalue weighted by molar-refractivity contribution is 0.673. The van der Waals surface area contributed by atoms with Gasteiger partial charge in [-0.15, -0.1) is 11.3 Å². The molecule has 0 aliphatic heterocycles. The van der Waals surface area contributed by atoms with Gasteiger partial charge < -0.3 is 9.32 Å². The zero-order valence-corrected chi connectivity index (χ0v) is 26.2. The van der Waals surface area contributed by atoms with Crippen molar-refractivity contribution in [3.8, 4) is 11.1 Å². The normalized spacial score (nSPS) is 11.8. The van der Waals surface area contributed by atoms with Crippen LogP contribution < -0.4 is 4.90 Å². The first-order valence-corrected chi connectivity index (χ1v) is 16.7. The van der Waals surface area contributed by atoms with Gasteiger partial charge in [-0.2, -0.15) is 0 Å². The molecule has 0 amide bonds. The molecule has 0 saturated carbocycles. The Morgan fingerprint density at radius 3 is 1.87 bits per heavy atom. The second-order valence-corrected chi connectivity index (χ2v) is 13.2. The molecular formula is C44H27NOS. The predicted molar refractivity (Wildman–Crippen MR) is 202 cm³/mol. The summed E-state index contributed by atoms with van der Waals surface area (Å²) in [7, 11) is 0. The molecule has 0 aliphatic rings. The summed E-state index contributed by atoms with van der Waals surface area (Å²) < 4.78 is 9.48. The number of hydrogen-bond donors (Lipinski definition) is 0. The van der Waals surface area contributed by atoms with Gasteiger partial charge in [-0.1, -0.05) is 121 Å². The summed E-state index contributed by atoms with van der Waals surface area (Å²) in [4.78, 5) is 2.35. The Labute approximate surface area is 275 Å². The molecule has 0 N–H and O–H groups in total. The molecule has 0 radical (unpaired) electrons. The average Bonchev–Trinajstić information content (AvgIpc) is 3.72. The maximum atomic E-state index is 6.87. The highest BCUT2D eigenvalue weighted by Crippen LogP contribution is 2.46. The molecule has 2 heterocycles. The Kier molecular flexibility index (Phi) is 5.78. The third kappa shape index (κ3) is 4.10. The van der Waals surface area contributed by atoms with E-state index < -0.39 is 0 Å². The van der Waals surface area contributed by atoms with Gasteiger partial charge in [0.05, 0.1) is 5.69 Å². The number of rotatable bonds is 4. The SMILES string of the molecule is c1ccc(-c2ccc(N(c3ccc4sc5c6ccccc6ccc5c4c3)c3cccc4c3oc3c5ccccc5ccc43)cc2)cc1. The first-order chi connectivity index (χ1) is 23.3. The molecule has 10 aromatic rings. The molecule has 0 fully saturated rings. The second-order valence-electron chi connectivity index (χ2n) is 12.1. The summed E-state index contributed by atoms with van der Waals surface area (Å²) in [5.74, 6) is 0.